The molecule has 2 amide bonds. The second-order valence-electron chi connectivity index (χ2n) is 7.88. The largest absolute Gasteiger partial charge is 0.479 e. The van der Waals surface area contributed by atoms with E-state index in [9.17, 15) is 19.5 Å². The van der Waals surface area contributed by atoms with E-state index in [0.717, 1.165) is 22.3 Å². The minimum Gasteiger partial charge on any atom is -0.479 e. The van der Waals surface area contributed by atoms with Crippen molar-refractivity contribution >= 4 is 18.0 Å². The highest BCUT2D eigenvalue weighted by Gasteiger charge is 2.30. The van der Waals surface area contributed by atoms with Crippen molar-refractivity contribution < 1.29 is 24.2 Å². The van der Waals surface area contributed by atoms with Crippen LogP contribution >= 0.6 is 0 Å². The molecule has 1 aliphatic rings. The Kier molecular flexibility index (Phi) is 6.40. The van der Waals surface area contributed by atoms with Crippen LogP contribution in [0.4, 0.5) is 4.79 Å². The van der Waals surface area contributed by atoms with Crippen molar-refractivity contribution in [2.24, 2.45) is 0 Å². The zero-order valence-corrected chi connectivity index (χ0v) is 18.0. The molecule has 0 saturated heterocycles. The van der Waals surface area contributed by atoms with Crippen LogP contribution < -0.4 is 10.6 Å². The molecule has 0 aromatic heterocycles. The molecule has 3 aromatic carbocycles. The molecule has 0 fully saturated rings. The standard InChI is InChI=1S/C26H24N2O5/c1-16(24(29)28-23(25(30)31)17-9-3-2-4-10-17)27-26(32)33-15-22-20-13-7-5-11-18(20)19-12-6-8-14-21(19)22/h2-14,16,22-23H,15H2,1H3,(H,27,32)(H,28,29)(H,30,31)/t16?,23-/m1/s1. The van der Waals surface area contributed by atoms with Gasteiger partial charge in [-0.15, -0.1) is 0 Å². The molecule has 0 bridgehead atoms. The molecule has 168 valence electrons. The van der Waals surface area contributed by atoms with Crippen LogP contribution in [-0.4, -0.2) is 35.7 Å². The van der Waals surface area contributed by atoms with Crippen molar-refractivity contribution in [2.75, 3.05) is 6.61 Å². The number of ether oxygens (including phenoxy) is 1. The van der Waals surface area contributed by atoms with Gasteiger partial charge in [0, 0.05) is 5.92 Å². The Labute approximate surface area is 191 Å². The number of carboxylic acid groups (broad SMARTS) is 1. The fraction of sp³-hybridized carbons (Fsp3) is 0.192. The summed E-state index contributed by atoms with van der Waals surface area (Å²) in [5, 5.41) is 14.4. The quantitative estimate of drug-likeness (QED) is 0.513. The van der Waals surface area contributed by atoms with E-state index >= 15 is 0 Å². The first-order chi connectivity index (χ1) is 16.0. The number of carbonyl (C=O) groups excluding carboxylic acids is 2. The van der Waals surface area contributed by atoms with Crippen LogP contribution in [0.15, 0.2) is 78.9 Å². The van der Waals surface area contributed by atoms with Crippen LogP contribution in [0.3, 0.4) is 0 Å². The molecule has 0 spiro atoms. The zero-order chi connectivity index (χ0) is 23.4. The molecule has 0 radical (unpaired) electrons. The number of hydrogen-bond acceptors (Lipinski definition) is 4. The van der Waals surface area contributed by atoms with Crippen LogP contribution in [0.5, 0.6) is 0 Å². The molecule has 4 rings (SSSR count). The summed E-state index contributed by atoms with van der Waals surface area (Å²) in [6.45, 7) is 1.59. The predicted molar refractivity (Wildman–Crippen MR) is 123 cm³/mol. The Morgan fingerprint density at radius 1 is 0.848 bits per heavy atom. The number of fused-ring (bicyclic) bond motifs is 3. The molecule has 7 nitrogen and oxygen atoms in total. The topological polar surface area (TPSA) is 105 Å². The van der Waals surface area contributed by atoms with E-state index in [1.807, 2.05) is 48.5 Å². The van der Waals surface area contributed by atoms with Gasteiger partial charge in [0.2, 0.25) is 5.91 Å². The number of aliphatic carboxylic acids is 1. The minimum absolute atomic E-state index is 0.0956. The lowest BCUT2D eigenvalue weighted by atomic mass is 9.98. The number of benzene rings is 3. The molecule has 7 heteroatoms. The highest BCUT2D eigenvalue weighted by atomic mass is 16.5. The van der Waals surface area contributed by atoms with Gasteiger partial charge in [0.25, 0.3) is 0 Å². The van der Waals surface area contributed by atoms with E-state index in [0.29, 0.717) is 5.56 Å². The fourth-order valence-corrected chi connectivity index (χ4v) is 4.08. The first kappa shape index (κ1) is 22.1. The Balaban J connectivity index is 1.36. The average Bonchev–Trinajstić information content (AvgIpc) is 3.15. The summed E-state index contributed by atoms with van der Waals surface area (Å²) in [6.07, 6.45) is -0.744. The van der Waals surface area contributed by atoms with Gasteiger partial charge in [0.15, 0.2) is 6.04 Å². The zero-order valence-electron chi connectivity index (χ0n) is 18.0. The maximum absolute atomic E-state index is 12.5. The number of rotatable bonds is 7. The lowest BCUT2D eigenvalue weighted by Crippen LogP contribution is -2.47. The third-order valence-electron chi connectivity index (χ3n) is 5.74. The Bertz CT molecular complexity index is 1130. The van der Waals surface area contributed by atoms with E-state index in [4.69, 9.17) is 4.74 Å². The highest BCUT2D eigenvalue weighted by molar-refractivity contribution is 5.89. The van der Waals surface area contributed by atoms with Gasteiger partial charge in [0.1, 0.15) is 12.6 Å². The van der Waals surface area contributed by atoms with Crippen molar-refractivity contribution in [3.63, 3.8) is 0 Å². The number of carboxylic acids is 1. The molecule has 33 heavy (non-hydrogen) atoms. The van der Waals surface area contributed by atoms with Gasteiger partial charge in [-0.25, -0.2) is 9.59 Å². The SMILES string of the molecule is CC(NC(=O)OCC1c2ccccc2-c2ccccc21)C(=O)N[C@@H](C(=O)O)c1ccccc1. The monoisotopic (exact) mass is 444 g/mol. The third-order valence-corrected chi connectivity index (χ3v) is 5.74. The molecule has 0 aliphatic heterocycles. The highest BCUT2D eigenvalue weighted by Crippen LogP contribution is 2.44. The van der Waals surface area contributed by atoms with Crippen molar-refractivity contribution in [3.8, 4) is 11.1 Å². The summed E-state index contributed by atoms with van der Waals surface area (Å²) in [5.74, 6) is -1.91. The Morgan fingerprint density at radius 3 is 1.97 bits per heavy atom. The van der Waals surface area contributed by atoms with Gasteiger partial charge in [0.05, 0.1) is 0 Å². The normalized spacial score (nSPS) is 13.8. The van der Waals surface area contributed by atoms with E-state index in [1.165, 1.54) is 6.92 Å². The number of alkyl carbamates (subject to hydrolysis) is 1. The smallest absolute Gasteiger partial charge is 0.407 e. The van der Waals surface area contributed by atoms with E-state index < -0.39 is 30.1 Å². The van der Waals surface area contributed by atoms with E-state index in [1.54, 1.807) is 30.3 Å². The molecule has 1 aliphatic carbocycles. The second-order valence-corrected chi connectivity index (χ2v) is 7.88. The van der Waals surface area contributed by atoms with Crippen LogP contribution in [0, 0.1) is 0 Å². The third kappa shape index (κ3) is 4.72. The molecule has 0 saturated carbocycles. The lowest BCUT2D eigenvalue weighted by Gasteiger charge is -2.20. The van der Waals surface area contributed by atoms with Gasteiger partial charge in [-0.3, -0.25) is 4.79 Å². The van der Waals surface area contributed by atoms with Crippen LogP contribution in [0.1, 0.15) is 35.6 Å². The number of hydrogen-bond donors (Lipinski definition) is 3. The van der Waals surface area contributed by atoms with Gasteiger partial charge < -0.3 is 20.5 Å². The summed E-state index contributed by atoms with van der Waals surface area (Å²) in [5.41, 5.74) is 4.85. The van der Waals surface area contributed by atoms with Gasteiger partial charge >= 0.3 is 12.1 Å². The number of carbonyl (C=O) groups is 3. The van der Waals surface area contributed by atoms with E-state index in [-0.39, 0.29) is 12.5 Å². The van der Waals surface area contributed by atoms with Crippen LogP contribution in [0.2, 0.25) is 0 Å². The molecular weight excluding hydrogens is 420 g/mol. The maximum atomic E-state index is 12.5. The molecular formula is C26H24N2O5. The molecule has 2 atom stereocenters. The Hall–Kier alpha value is -4.13. The number of amides is 2. The van der Waals surface area contributed by atoms with Crippen LogP contribution in [0.25, 0.3) is 11.1 Å². The van der Waals surface area contributed by atoms with Gasteiger partial charge in [-0.1, -0.05) is 78.9 Å². The summed E-state index contributed by atoms with van der Waals surface area (Å²) in [7, 11) is 0. The first-order valence-electron chi connectivity index (χ1n) is 10.7. The molecule has 3 aromatic rings. The fourth-order valence-electron chi connectivity index (χ4n) is 4.08. The summed E-state index contributed by atoms with van der Waals surface area (Å²) in [4.78, 5) is 36.5. The average molecular weight is 444 g/mol. The molecule has 1 unspecified atom stereocenters. The van der Waals surface area contributed by atoms with Crippen molar-refractivity contribution in [1.29, 1.82) is 0 Å². The van der Waals surface area contributed by atoms with Crippen molar-refractivity contribution in [3.05, 3.63) is 95.6 Å². The molecule has 3 N–H and O–H groups in total. The summed E-state index contributed by atoms with van der Waals surface area (Å²) < 4.78 is 5.45. The van der Waals surface area contributed by atoms with Crippen LogP contribution in [-0.2, 0) is 14.3 Å². The van der Waals surface area contributed by atoms with E-state index in [2.05, 4.69) is 10.6 Å². The predicted octanol–water partition coefficient (Wildman–Crippen LogP) is 3.86. The minimum atomic E-state index is -1.22. The number of nitrogens with one attached hydrogen (secondary N) is 2. The maximum Gasteiger partial charge on any atom is 0.407 e. The lowest BCUT2D eigenvalue weighted by molar-refractivity contribution is -0.142. The second kappa shape index (κ2) is 9.56. The molecule has 0 heterocycles. The first-order valence-corrected chi connectivity index (χ1v) is 10.7. The van der Waals surface area contributed by atoms with Crippen molar-refractivity contribution in [2.45, 2.75) is 24.9 Å². The summed E-state index contributed by atoms with van der Waals surface area (Å²) >= 11 is 0. The van der Waals surface area contributed by atoms with Gasteiger partial charge in [-0.2, -0.15) is 0 Å². The van der Waals surface area contributed by atoms with Crippen molar-refractivity contribution in [1.82, 2.24) is 10.6 Å². The Morgan fingerprint density at radius 2 is 1.39 bits per heavy atom. The van der Waals surface area contributed by atoms with Gasteiger partial charge in [-0.05, 0) is 34.7 Å². The summed E-state index contributed by atoms with van der Waals surface area (Å²) in [6, 6.07) is 22.2.